The molecule has 2 heteroatoms. The predicted molar refractivity (Wildman–Crippen MR) is 117 cm³/mol. The van der Waals surface area contributed by atoms with E-state index in [0.29, 0.717) is 6.61 Å². The first kappa shape index (κ1) is 23.9. The molecule has 0 aliphatic heterocycles. The van der Waals surface area contributed by atoms with Gasteiger partial charge >= 0.3 is 0 Å². The molecule has 0 bridgehead atoms. The molecule has 0 amide bonds. The van der Waals surface area contributed by atoms with Gasteiger partial charge < -0.3 is 9.84 Å². The van der Waals surface area contributed by atoms with Crippen molar-refractivity contribution in [3.63, 3.8) is 0 Å². The first-order valence-corrected chi connectivity index (χ1v) is 11.3. The molecule has 1 atom stereocenters. The summed E-state index contributed by atoms with van der Waals surface area (Å²) in [6.45, 7) is 3.00. The molecule has 0 aromatic heterocycles. The molecule has 0 aliphatic carbocycles. The quantitative estimate of drug-likeness (QED) is 0.217. The molecule has 0 unspecified atom stereocenters. The summed E-state index contributed by atoms with van der Waals surface area (Å²) in [6.07, 6.45) is 21.4. The average molecular weight is 375 g/mol. The number of unbranched alkanes of at least 4 members (excludes halogenated alkanes) is 11. The Morgan fingerprint density at radius 2 is 1.37 bits per heavy atom. The van der Waals surface area contributed by atoms with Crippen molar-refractivity contribution in [2.75, 3.05) is 6.61 Å². The Kier molecular flexibility index (Phi) is 16.2. The Hall–Kier alpha value is -1.12. The third kappa shape index (κ3) is 14.6. The summed E-state index contributed by atoms with van der Waals surface area (Å²) in [5.74, 6) is 0. The summed E-state index contributed by atoms with van der Waals surface area (Å²) >= 11 is 0. The van der Waals surface area contributed by atoms with E-state index in [1.807, 2.05) is 24.3 Å². The SMILES string of the molecule is CCCCCCCCCCCCCC[C@H](/C=C/CO)OCc1ccccc1. The van der Waals surface area contributed by atoms with E-state index in [-0.39, 0.29) is 12.7 Å². The molecule has 0 aliphatic rings. The highest BCUT2D eigenvalue weighted by Crippen LogP contribution is 2.15. The first-order chi connectivity index (χ1) is 13.4. The highest BCUT2D eigenvalue weighted by Gasteiger charge is 2.05. The number of aliphatic hydroxyl groups is 1. The molecular weight excluding hydrogens is 332 g/mol. The summed E-state index contributed by atoms with van der Waals surface area (Å²) in [6, 6.07) is 10.3. The summed E-state index contributed by atoms with van der Waals surface area (Å²) < 4.78 is 6.03. The van der Waals surface area contributed by atoms with E-state index < -0.39 is 0 Å². The van der Waals surface area contributed by atoms with Gasteiger partial charge in [-0.05, 0) is 12.0 Å². The monoisotopic (exact) mass is 374 g/mol. The van der Waals surface area contributed by atoms with E-state index in [4.69, 9.17) is 9.84 Å². The fraction of sp³-hybridized carbons (Fsp3) is 0.680. The van der Waals surface area contributed by atoms with Gasteiger partial charge in [0.15, 0.2) is 0 Å². The van der Waals surface area contributed by atoms with Crippen molar-refractivity contribution >= 4 is 0 Å². The normalized spacial score (nSPS) is 12.7. The van der Waals surface area contributed by atoms with Crippen LogP contribution in [-0.4, -0.2) is 17.8 Å². The molecule has 2 nitrogen and oxygen atoms in total. The zero-order valence-electron chi connectivity index (χ0n) is 17.6. The lowest BCUT2D eigenvalue weighted by atomic mass is 10.0. The molecule has 1 aromatic rings. The van der Waals surface area contributed by atoms with Gasteiger partial charge in [0, 0.05) is 0 Å². The topological polar surface area (TPSA) is 29.5 Å². The highest BCUT2D eigenvalue weighted by molar-refractivity contribution is 5.13. The average Bonchev–Trinajstić information content (AvgIpc) is 2.71. The molecule has 27 heavy (non-hydrogen) atoms. The Morgan fingerprint density at radius 1 is 0.815 bits per heavy atom. The second-order valence-corrected chi connectivity index (χ2v) is 7.62. The summed E-state index contributed by atoms with van der Waals surface area (Å²) in [5.41, 5.74) is 1.20. The molecule has 0 heterocycles. The maximum atomic E-state index is 9.03. The number of hydrogen-bond acceptors (Lipinski definition) is 2. The Morgan fingerprint density at radius 3 is 1.93 bits per heavy atom. The van der Waals surface area contributed by atoms with Crippen molar-refractivity contribution in [3.05, 3.63) is 48.0 Å². The van der Waals surface area contributed by atoms with Crippen molar-refractivity contribution in [1.29, 1.82) is 0 Å². The Labute approximate surface area is 168 Å². The van der Waals surface area contributed by atoms with Gasteiger partial charge in [0.1, 0.15) is 0 Å². The number of rotatable bonds is 18. The second kappa shape index (κ2) is 18.3. The molecule has 0 fully saturated rings. The lowest BCUT2D eigenvalue weighted by molar-refractivity contribution is 0.0643. The smallest absolute Gasteiger partial charge is 0.0761 e. The number of ether oxygens (including phenoxy) is 1. The minimum absolute atomic E-state index is 0.0869. The molecule has 154 valence electrons. The van der Waals surface area contributed by atoms with Crippen LogP contribution in [0.1, 0.15) is 96.0 Å². The molecule has 0 saturated carbocycles. The van der Waals surface area contributed by atoms with Gasteiger partial charge in [0.2, 0.25) is 0 Å². The van der Waals surface area contributed by atoms with Crippen molar-refractivity contribution in [2.24, 2.45) is 0 Å². The maximum absolute atomic E-state index is 9.03. The van der Waals surface area contributed by atoms with Gasteiger partial charge in [0.25, 0.3) is 0 Å². The lowest BCUT2D eigenvalue weighted by Crippen LogP contribution is -2.10. The molecule has 1 N–H and O–H groups in total. The van der Waals surface area contributed by atoms with Crippen molar-refractivity contribution in [2.45, 2.75) is 103 Å². The van der Waals surface area contributed by atoms with Crippen LogP contribution in [0.25, 0.3) is 0 Å². The minimum Gasteiger partial charge on any atom is -0.392 e. The molecule has 1 rings (SSSR count). The van der Waals surface area contributed by atoms with Crippen LogP contribution in [0.5, 0.6) is 0 Å². The van der Waals surface area contributed by atoms with Crippen LogP contribution in [-0.2, 0) is 11.3 Å². The summed E-state index contributed by atoms with van der Waals surface area (Å²) in [7, 11) is 0. The molecule has 0 spiro atoms. The van der Waals surface area contributed by atoms with E-state index >= 15 is 0 Å². The van der Waals surface area contributed by atoms with Crippen molar-refractivity contribution in [3.8, 4) is 0 Å². The van der Waals surface area contributed by atoms with Gasteiger partial charge in [-0.15, -0.1) is 0 Å². The molecule has 0 radical (unpaired) electrons. The largest absolute Gasteiger partial charge is 0.392 e. The third-order valence-electron chi connectivity index (χ3n) is 5.11. The van der Waals surface area contributed by atoms with Crippen LogP contribution in [0.2, 0.25) is 0 Å². The van der Waals surface area contributed by atoms with Gasteiger partial charge in [-0.3, -0.25) is 0 Å². The van der Waals surface area contributed by atoms with Crippen molar-refractivity contribution < 1.29 is 9.84 Å². The standard InChI is InChI=1S/C25H42O2/c1-2-3-4-5-6-7-8-9-10-11-12-16-20-25(21-17-22-26)27-23-24-18-14-13-15-19-24/h13-15,17-19,21,25-26H,2-12,16,20,22-23H2,1H3/b21-17+/t25-/m1/s1. The van der Waals surface area contributed by atoms with Crippen LogP contribution in [0, 0.1) is 0 Å². The van der Waals surface area contributed by atoms with Crippen LogP contribution >= 0.6 is 0 Å². The first-order valence-electron chi connectivity index (χ1n) is 11.3. The highest BCUT2D eigenvalue weighted by atomic mass is 16.5. The zero-order valence-corrected chi connectivity index (χ0v) is 17.6. The van der Waals surface area contributed by atoms with Gasteiger partial charge in [-0.25, -0.2) is 0 Å². The van der Waals surface area contributed by atoms with Crippen LogP contribution < -0.4 is 0 Å². The van der Waals surface area contributed by atoms with E-state index in [9.17, 15) is 0 Å². The van der Waals surface area contributed by atoms with E-state index in [1.54, 1.807) is 6.08 Å². The number of hydrogen-bond donors (Lipinski definition) is 1. The zero-order chi connectivity index (χ0) is 19.4. The van der Waals surface area contributed by atoms with E-state index in [2.05, 4.69) is 19.1 Å². The number of benzene rings is 1. The fourth-order valence-corrected chi connectivity index (χ4v) is 3.41. The summed E-state index contributed by atoms with van der Waals surface area (Å²) in [5, 5.41) is 9.03. The minimum atomic E-state index is 0.0869. The fourth-order valence-electron chi connectivity index (χ4n) is 3.41. The van der Waals surface area contributed by atoms with Gasteiger partial charge in [0.05, 0.1) is 19.3 Å². The Balaban J connectivity index is 2.02. The van der Waals surface area contributed by atoms with Crippen LogP contribution in [0.3, 0.4) is 0 Å². The third-order valence-corrected chi connectivity index (χ3v) is 5.11. The maximum Gasteiger partial charge on any atom is 0.0761 e. The predicted octanol–water partition coefficient (Wildman–Crippen LogP) is 7.21. The Bertz CT molecular complexity index is 441. The van der Waals surface area contributed by atoms with Crippen LogP contribution in [0.4, 0.5) is 0 Å². The summed E-state index contributed by atoms with van der Waals surface area (Å²) in [4.78, 5) is 0. The van der Waals surface area contributed by atoms with Gasteiger partial charge in [-0.1, -0.05) is 126 Å². The molecule has 1 aromatic carbocycles. The van der Waals surface area contributed by atoms with Gasteiger partial charge in [-0.2, -0.15) is 0 Å². The van der Waals surface area contributed by atoms with E-state index in [0.717, 1.165) is 6.42 Å². The second-order valence-electron chi connectivity index (χ2n) is 7.62. The van der Waals surface area contributed by atoms with Crippen molar-refractivity contribution in [1.82, 2.24) is 0 Å². The van der Waals surface area contributed by atoms with Crippen LogP contribution in [0.15, 0.2) is 42.5 Å². The lowest BCUT2D eigenvalue weighted by Gasteiger charge is -2.14. The number of aliphatic hydroxyl groups excluding tert-OH is 1. The molecular formula is C25H42O2. The molecule has 0 saturated heterocycles. The van der Waals surface area contributed by atoms with E-state index in [1.165, 1.54) is 82.6 Å².